The molecule has 12 N–H and O–H groups in total. The van der Waals surface area contributed by atoms with Gasteiger partial charge in [-0.1, -0.05) is 46.2 Å². The molecular weight excluding hydrogens is 674 g/mol. The van der Waals surface area contributed by atoms with Crippen LogP contribution in [0.2, 0.25) is 0 Å². The minimum absolute atomic E-state index is 0.000702. The van der Waals surface area contributed by atoms with Gasteiger partial charge in [0, 0.05) is 19.5 Å². The zero-order valence-electron chi connectivity index (χ0n) is 30.8. The van der Waals surface area contributed by atoms with Crippen LogP contribution in [0.5, 0.6) is 5.75 Å². The Morgan fingerprint density at radius 2 is 1.54 bits per heavy atom. The lowest BCUT2D eigenvalue weighted by Gasteiger charge is -2.31. The van der Waals surface area contributed by atoms with Gasteiger partial charge in [0.15, 0.2) is 5.96 Å². The van der Waals surface area contributed by atoms with Crippen LogP contribution in [-0.4, -0.2) is 106 Å². The molecule has 0 aromatic heterocycles. The molecular formula is C35H57N9O8. The third-order valence-corrected chi connectivity index (χ3v) is 8.94. The Hall–Kier alpha value is -4.93. The van der Waals surface area contributed by atoms with Gasteiger partial charge < -0.3 is 53.6 Å². The second-order valence-corrected chi connectivity index (χ2v) is 13.8. The third kappa shape index (κ3) is 13.7. The van der Waals surface area contributed by atoms with Gasteiger partial charge in [0.1, 0.15) is 36.0 Å². The molecule has 2 rings (SSSR count). The van der Waals surface area contributed by atoms with Crippen molar-refractivity contribution in [1.82, 2.24) is 26.2 Å². The number of nitrogens with zero attached hydrogens (tertiary/aromatic N) is 2. The summed E-state index contributed by atoms with van der Waals surface area (Å²) < 4.78 is 0. The second-order valence-electron chi connectivity index (χ2n) is 13.8. The number of carbonyl (C=O) groups excluding carboxylic acids is 5. The average Bonchev–Trinajstić information content (AvgIpc) is 3.58. The molecule has 0 spiro atoms. The van der Waals surface area contributed by atoms with E-state index in [1.807, 2.05) is 20.8 Å². The molecule has 1 aromatic carbocycles. The van der Waals surface area contributed by atoms with Crippen LogP contribution in [-0.2, 0) is 35.2 Å². The van der Waals surface area contributed by atoms with E-state index in [1.54, 1.807) is 19.1 Å². The van der Waals surface area contributed by atoms with E-state index in [-0.39, 0.29) is 56.4 Å². The van der Waals surface area contributed by atoms with Crippen molar-refractivity contribution < 1.29 is 39.0 Å². The number of carbonyl (C=O) groups is 6. The van der Waals surface area contributed by atoms with Crippen LogP contribution < -0.4 is 38.5 Å². The van der Waals surface area contributed by atoms with E-state index in [0.29, 0.717) is 24.8 Å². The number of guanidine groups is 1. The van der Waals surface area contributed by atoms with Crippen LogP contribution in [0, 0.1) is 11.8 Å². The molecule has 0 radical (unpaired) electrons. The Bertz CT molecular complexity index is 1420. The van der Waals surface area contributed by atoms with E-state index in [2.05, 4.69) is 26.3 Å². The largest absolute Gasteiger partial charge is 0.508 e. The Morgan fingerprint density at radius 3 is 2.10 bits per heavy atom. The van der Waals surface area contributed by atoms with Gasteiger partial charge in [-0.2, -0.15) is 0 Å². The molecule has 7 atom stereocenters. The zero-order chi connectivity index (χ0) is 39.1. The fourth-order valence-electron chi connectivity index (χ4n) is 5.82. The number of phenolic OH excluding ortho intramolecular Hbond substituents is 1. The Morgan fingerprint density at radius 1 is 0.904 bits per heavy atom. The highest BCUT2D eigenvalue weighted by Crippen LogP contribution is 2.21. The molecule has 1 aromatic rings. The summed E-state index contributed by atoms with van der Waals surface area (Å²) in [6, 6.07) is -0.358. The SMILES string of the molecule is CC[C@@H](C)[C@H](NC(=O)[C@H](Cc1ccc(O)cc1)NC(=O)[C@@H]1CCCN1C(=O)[C@H](CCCN=C(N)N)NC(=O)[C@H](C)N)C(=O)N[C@@H](CC(C)C)C(=O)O. The van der Waals surface area contributed by atoms with Crippen molar-refractivity contribution in [3.05, 3.63) is 29.8 Å². The van der Waals surface area contributed by atoms with E-state index in [9.17, 15) is 39.0 Å². The monoisotopic (exact) mass is 731 g/mol. The number of carboxylic acid groups (broad SMARTS) is 1. The summed E-state index contributed by atoms with van der Waals surface area (Å²) in [5, 5.41) is 30.2. The lowest BCUT2D eigenvalue weighted by Crippen LogP contribution is -2.60. The summed E-state index contributed by atoms with van der Waals surface area (Å²) in [6.45, 7) is 9.15. The molecule has 290 valence electrons. The smallest absolute Gasteiger partial charge is 0.326 e. The number of likely N-dealkylation sites (tertiary alicyclic amines) is 1. The van der Waals surface area contributed by atoms with Gasteiger partial charge in [0.05, 0.1) is 6.04 Å². The van der Waals surface area contributed by atoms with Gasteiger partial charge in [0.25, 0.3) is 0 Å². The van der Waals surface area contributed by atoms with Crippen molar-refractivity contribution in [2.45, 2.75) is 116 Å². The average molecular weight is 732 g/mol. The van der Waals surface area contributed by atoms with E-state index >= 15 is 0 Å². The van der Waals surface area contributed by atoms with Crippen LogP contribution in [0.15, 0.2) is 29.3 Å². The molecule has 1 heterocycles. The van der Waals surface area contributed by atoms with Crippen LogP contribution in [0.1, 0.15) is 78.7 Å². The van der Waals surface area contributed by atoms with Gasteiger partial charge in [0.2, 0.25) is 29.5 Å². The van der Waals surface area contributed by atoms with Crippen molar-refractivity contribution in [2.75, 3.05) is 13.1 Å². The molecule has 0 bridgehead atoms. The molecule has 0 unspecified atom stereocenters. The third-order valence-electron chi connectivity index (χ3n) is 8.94. The number of hydrogen-bond donors (Lipinski definition) is 9. The summed E-state index contributed by atoms with van der Waals surface area (Å²) in [5.74, 6) is -4.77. The van der Waals surface area contributed by atoms with Gasteiger partial charge in [-0.05, 0) is 68.6 Å². The highest BCUT2D eigenvalue weighted by atomic mass is 16.4. The normalized spacial score (nSPS) is 17.5. The maximum Gasteiger partial charge on any atom is 0.326 e. The molecule has 0 saturated carbocycles. The molecule has 5 amide bonds. The van der Waals surface area contributed by atoms with Crippen molar-refractivity contribution >= 4 is 41.5 Å². The molecule has 1 fully saturated rings. The van der Waals surface area contributed by atoms with Crippen LogP contribution in [0.4, 0.5) is 0 Å². The number of nitrogens with two attached hydrogens (primary N) is 3. The molecule has 17 nitrogen and oxygen atoms in total. The maximum atomic E-state index is 14.0. The molecule has 17 heteroatoms. The highest BCUT2D eigenvalue weighted by Gasteiger charge is 2.40. The number of carboxylic acids is 1. The highest BCUT2D eigenvalue weighted by molar-refractivity contribution is 5.96. The van der Waals surface area contributed by atoms with E-state index in [0.717, 1.165) is 0 Å². The van der Waals surface area contributed by atoms with Gasteiger partial charge >= 0.3 is 5.97 Å². The molecule has 0 aliphatic carbocycles. The van der Waals surface area contributed by atoms with Crippen molar-refractivity contribution in [3.8, 4) is 5.75 Å². The number of aliphatic imine (C=N–C) groups is 1. The topological polar surface area (TPSA) is 285 Å². The number of amides is 5. The zero-order valence-corrected chi connectivity index (χ0v) is 30.8. The molecule has 52 heavy (non-hydrogen) atoms. The second kappa shape index (κ2) is 20.8. The van der Waals surface area contributed by atoms with E-state index < -0.39 is 77.7 Å². The first-order valence-electron chi connectivity index (χ1n) is 17.8. The number of phenols is 1. The summed E-state index contributed by atoms with van der Waals surface area (Å²) in [6.07, 6.45) is 1.92. The number of nitrogens with one attached hydrogen (secondary N) is 4. The first-order chi connectivity index (χ1) is 24.4. The van der Waals surface area contributed by atoms with Gasteiger partial charge in [-0.15, -0.1) is 0 Å². The molecule has 1 aliphatic heterocycles. The quantitative estimate of drug-likeness (QED) is 0.0466. The number of rotatable bonds is 20. The first-order valence-corrected chi connectivity index (χ1v) is 17.8. The van der Waals surface area contributed by atoms with Crippen molar-refractivity contribution in [2.24, 2.45) is 34.0 Å². The Balaban J connectivity index is 2.36. The fraction of sp³-hybridized carbons (Fsp3) is 0.629. The summed E-state index contributed by atoms with van der Waals surface area (Å²) in [4.78, 5) is 84.9. The Kier molecular flexibility index (Phi) is 17.3. The van der Waals surface area contributed by atoms with E-state index in [1.165, 1.54) is 24.0 Å². The number of aromatic hydroxyl groups is 1. The molecule has 1 aliphatic rings. The summed E-state index contributed by atoms with van der Waals surface area (Å²) >= 11 is 0. The molecule has 1 saturated heterocycles. The lowest BCUT2D eigenvalue weighted by atomic mass is 9.96. The van der Waals surface area contributed by atoms with Crippen molar-refractivity contribution in [3.63, 3.8) is 0 Å². The first kappa shape index (κ1) is 43.2. The van der Waals surface area contributed by atoms with Crippen LogP contribution in [0.25, 0.3) is 0 Å². The Labute approximate surface area is 304 Å². The van der Waals surface area contributed by atoms with Crippen molar-refractivity contribution in [1.29, 1.82) is 0 Å². The lowest BCUT2D eigenvalue weighted by molar-refractivity contribution is -0.143. The van der Waals surface area contributed by atoms with E-state index in [4.69, 9.17) is 17.2 Å². The van der Waals surface area contributed by atoms with Crippen LogP contribution in [0.3, 0.4) is 0 Å². The fourth-order valence-corrected chi connectivity index (χ4v) is 5.82. The number of hydrogen-bond acceptors (Lipinski definition) is 9. The standard InChI is InChI=1S/C35H57N9O8/c1-6-20(4)28(32(49)42-26(34(51)52)17-19(2)3)43-30(47)25(18-22-11-13-23(45)14-12-22)41-31(48)27-10-8-16-44(27)33(50)24(40-29(46)21(5)36)9-7-15-39-35(37)38/h11-14,19-21,24-28,45H,6-10,15-18,36H2,1-5H3,(H,40,46)(H,41,48)(H,42,49)(H,43,47)(H,51,52)(H4,37,38,39)/t20-,21+,24+,25+,26+,27+,28+/m1/s1. The maximum absolute atomic E-state index is 14.0. The van der Waals surface area contributed by atoms with Gasteiger partial charge in [-0.25, -0.2) is 4.79 Å². The number of aliphatic carboxylic acids is 1. The van der Waals surface area contributed by atoms with Crippen LogP contribution >= 0.6 is 0 Å². The summed E-state index contributed by atoms with van der Waals surface area (Å²) in [5.41, 5.74) is 17.1. The van der Waals surface area contributed by atoms with Gasteiger partial charge in [-0.3, -0.25) is 29.0 Å². The minimum atomic E-state index is -1.23. The number of benzene rings is 1. The predicted molar refractivity (Wildman–Crippen MR) is 194 cm³/mol. The summed E-state index contributed by atoms with van der Waals surface area (Å²) in [7, 11) is 0. The predicted octanol–water partition coefficient (Wildman–Crippen LogP) is -0.557. The minimum Gasteiger partial charge on any atom is -0.508 e.